The molecule has 0 unspecified atom stereocenters. The van der Waals surface area contributed by atoms with Crippen LogP contribution in [0.2, 0.25) is 0 Å². The van der Waals surface area contributed by atoms with E-state index in [1.165, 1.54) is 23.1 Å². The highest BCUT2D eigenvalue weighted by atomic mass is 16.3. The molecular weight excluding hydrogens is 312 g/mol. The van der Waals surface area contributed by atoms with Gasteiger partial charge in [0.05, 0.1) is 12.3 Å². The molecule has 2 aliphatic heterocycles. The maximum Gasteiger partial charge on any atom is 0.0794 e. The molecule has 3 heterocycles. The molecule has 1 aromatic heterocycles. The summed E-state index contributed by atoms with van der Waals surface area (Å²) in [5, 5.41) is 15.0. The van der Waals surface area contributed by atoms with Crippen LogP contribution < -0.4 is 0 Å². The van der Waals surface area contributed by atoms with E-state index in [4.69, 9.17) is 0 Å². The van der Waals surface area contributed by atoms with E-state index in [0.717, 1.165) is 45.6 Å². The Morgan fingerprint density at radius 3 is 2.84 bits per heavy atom. The third kappa shape index (κ3) is 3.78. The molecule has 1 fully saturated rings. The second-order valence-corrected chi connectivity index (χ2v) is 7.51. The Morgan fingerprint density at radius 1 is 1.20 bits per heavy atom. The molecule has 5 nitrogen and oxygen atoms in total. The van der Waals surface area contributed by atoms with Gasteiger partial charge < -0.3 is 5.11 Å². The number of aryl methyl sites for hydroxylation is 1. The molecule has 25 heavy (non-hydrogen) atoms. The van der Waals surface area contributed by atoms with Crippen LogP contribution >= 0.6 is 0 Å². The van der Waals surface area contributed by atoms with Gasteiger partial charge in [0, 0.05) is 51.0 Å². The van der Waals surface area contributed by atoms with Crippen molar-refractivity contribution in [3.05, 3.63) is 53.3 Å². The Bertz CT molecular complexity index is 713. The number of hydrogen-bond donors (Lipinski definition) is 1. The SMILES string of the molecule is Cn1cc([C@@H]2CCCN2C[C@@H](O)CN2CCc3ccccc3C2)cn1. The summed E-state index contributed by atoms with van der Waals surface area (Å²) < 4.78 is 1.87. The third-order valence-electron chi connectivity index (χ3n) is 5.60. The Balaban J connectivity index is 1.34. The predicted octanol–water partition coefficient (Wildman–Crippen LogP) is 1.98. The maximum absolute atomic E-state index is 10.7. The lowest BCUT2D eigenvalue weighted by Crippen LogP contribution is -2.42. The van der Waals surface area contributed by atoms with E-state index >= 15 is 0 Å². The summed E-state index contributed by atoms with van der Waals surface area (Å²) in [5.41, 5.74) is 4.15. The number of benzene rings is 1. The molecule has 2 aromatic rings. The van der Waals surface area contributed by atoms with Crippen LogP contribution in [-0.2, 0) is 20.0 Å². The highest BCUT2D eigenvalue weighted by Gasteiger charge is 2.29. The molecule has 0 aliphatic carbocycles. The van der Waals surface area contributed by atoms with Crippen LogP contribution in [0.1, 0.15) is 35.6 Å². The average Bonchev–Trinajstić information content (AvgIpc) is 3.23. The van der Waals surface area contributed by atoms with Gasteiger partial charge in [-0.15, -0.1) is 0 Å². The van der Waals surface area contributed by atoms with Crippen LogP contribution in [-0.4, -0.2) is 57.0 Å². The first-order chi connectivity index (χ1) is 12.2. The first-order valence-electron chi connectivity index (χ1n) is 9.39. The molecule has 134 valence electrons. The highest BCUT2D eigenvalue weighted by molar-refractivity contribution is 5.29. The normalized spacial score (nSPS) is 22.9. The number of fused-ring (bicyclic) bond motifs is 1. The monoisotopic (exact) mass is 340 g/mol. The molecule has 0 radical (unpaired) electrons. The number of rotatable bonds is 5. The van der Waals surface area contributed by atoms with E-state index in [2.05, 4.69) is 45.4 Å². The van der Waals surface area contributed by atoms with Crippen LogP contribution in [0.15, 0.2) is 36.7 Å². The highest BCUT2D eigenvalue weighted by Crippen LogP contribution is 2.31. The minimum atomic E-state index is -0.303. The van der Waals surface area contributed by atoms with E-state index in [1.54, 1.807) is 0 Å². The van der Waals surface area contributed by atoms with Crippen LogP contribution in [0.25, 0.3) is 0 Å². The fourth-order valence-corrected chi connectivity index (χ4v) is 4.37. The van der Waals surface area contributed by atoms with E-state index in [0.29, 0.717) is 6.04 Å². The molecule has 5 heteroatoms. The van der Waals surface area contributed by atoms with Gasteiger partial charge in [-0.2, -0.15) is 5.10 Å². The number of aliphatic hydroxyl groups is 1. The van der Waals surface area contributed by atoms with Crippen molar-refractivity contribution in [1.29, 1.82) is 0 Å². The molecule has 0 spiro atoms. The van der Waals surface area contributed by atoms with Gasteiger partial charge in [-0.3, -0.25) is 14.5 Å². The van der Waals surface area contributed by atoms with Gasteiger partial charge in [-0.25, -0.2) is 0 Å². The lowest BCUT2D eigenvalue weighted by atomic mass is 10.00. The van der Waals surface area contributed by atoms with Crippen molar-refractivity contribution < 1.29 is 5.11 Å². The zero-order valence-corrected chi connectivity index (χ0v) is 15.0. The standard InChI is InChI=1S/C20H28N4O/c1-22-12-18(11-21-22)20-7-4-9-24(20)15-19(25)14-23-10-8-16-5-2-3-6-17(16)13-23/h2-3,5-6,11-12,19-20,25H,4,7-10,13-15H2,1H3/t19-,20-/m0/s1. The summed E-state index contributed by atoms with van der Waals surface area (Å²) in [6.07, 6.45) is 7.22. The van der Waals surface area contributed by atoms with Gasteiger partial charge in [-0.05, 0) is 36.9 Å². The lowest BCUT2D eigenvalue weighted by molar-refractivity contribution is 0.0649. The van der Waals surface area contributed by atoms with Crippen molar-refractivity contribution >= 4 is 0 Å². The topological polar surface area (TPSA) is 44.5 Å². The zero-order valence-electron chi connectivity index (χ0n) is 15.0. The molecule has 1 aromatic carbocycles. The Morgan fingerprint density at radius 2 is 2.04 bits per heavy atom. The van der Waals surface area contributed by atoms with E-state index in [1.807, 2.05) is 17.9 Å². The number of nitrogens with zero attached hydrogens (tertiary/aromatic N) is 4. The van der Waals surface area contributed by atoms with E-state index in [9.17, 15) is 5.11 Å². The Hall–Kier alpha value is -1.69. The zero-order chi connectivity index (χ0) is 17.2. The molecular formula is C20H28N4O. The van der Waals surface area contributed by atoms with Crippen LogP contribution in [0.4, 0.5) is 0 Å². The van der Waals surface area contributed by atoms with Gasteiger partial charge >= 0.3 is 0 Å². The smallest absolute Gasteiger partial charge is 0.0794 e. The number of aromatic nitrogens is 2. The van der Waals surface area contributed by atoms with Gasteiger partial charge in [0.2, 0.25) is 0 Å². The molecule has 2 aliphatic rings. The molecule has 1 saturated heterocycles. The molecule has 1 N–H and O–H groups in total. The molecule has 0 amide bonds. The number of likely N-dealkylation sites (tertiary alicyclic amines) is 1. The summed E-state index contributed by atoms with van der Waals surface area (Å²) in [6, 6.07) is 9.08. The van der Waals surface area contributed by atoms with Gasteiger partial charge in [-0.1, -0.05) is 24.3 Å². The summed E-state index contributed by atoms with van der Waals surface area (Å²) in [4.78, 5) is 4.82. The van der Waals surface area contributed by atoms with Crippen LogP contribution in [0.3, 0.4) is 0 Å². The summed E-state index contributed by atoms with van der Waals surface area (Å²) in [6.45, 7) is 4.57. The third-order valence-corrected chi connectivity index (χ3v) is 5.60. The van der Waals surface area contributed by atoms with Gasteiger partial charge in [0.1, 0.15) is 0 Å². The number of β-amino-alcohol motifs (C(OH)–C–C–N with tert-alkyl or cyclic N) is 1. The second kappa shape index (κ2) is 7.28. The van der Waals surface area contributed by atoms with Crippen molar-refractivity contribution in [2.24, 2.45) is 7.05 Å². The number of aliphatic hydroxyl groups excluding tert-OH is 1. The van der Waals surface area contributed by atoms with Gasteiger partial charge in [0.25, 0.3) is 0 Å². The van der Waals surface area contributed by atoms with Crippen molar-refractivity contribution in [1.82, 2.24) is 19.6 Å². The molecule has 0 saturated carbocycles. The van der Waals surface area contributed by atoms with Crippen molar-refractivity contribution in [2.75, 3.05) is 26.2 Å². The van der Waals surface area contributed by atoms with Gasteiger partial charge in [0.15, 0.2) is 0 Å². The Kier molecular flexibility index (Phi) is 4.88. The maximum atomic E-state index is 10.7. The first kappa shape index (κ1) is 16.8. The minimum Gasteiger partial charge on any atom is -0.390 e. The molecule has 0 bridgehead atoms. The second-order valence-electron chi connectivity index (χ2n) is 7.51. The van der Waals surface area contributed by atoms with Crippen molar-refractivity contribution in [3.63, 3.8) is 0 Å². The predicted molar refractivity (Wildman–Crippen MR) is 98.2 cm³/mol. The van der Waals surface area contributed by atoms with Crippen LogP contribution in [0, 0.1) is 0 Å². The summed E-state index contributed by atoms with van der Waals surface area (Å²) in [5.74, 6) is 0. The summed E-state index contributed by atoms with van der Waals surface area (Å²) >= 11 is 0. The molecule has 4 rings (SSSR count). The van der Waals surface area contributed by atoms with E-state index < -0.39 is 0 Å². The lowest BCUT2D eigenvalue weighted by Gasteiger charge is -2.32. The molecule has 2 atom stereocenters. The minimum absolute atomic E-state index is 0.303. The quantitative estimate of drug-likeness (QED) is 0.904. The largest absolute Gasteiger partial charge is 0.390 e. The fraction of sp³-hybridized carbons (Fsp3) is 0.550. The van der Waals surface area contributed by atoms with Crippen LogP contribution in [0.5, 0.6) is 0 Å². The van der Waals surface area contributed by atoms with E-state index in [-0.39, 0.29) is 6.10 Å². The first-order valence-corrected chi connectivity index (χ1v) is 9.39. The van der Waals surface area contributed by atoms with Crippen molar-refractivity contribution in [2.45, 2.75) is 38.0 Å². The average molecular weight is 340 g/mol. The van der Waals surface area contributed by atoms with Crippen molar-refractivity contribution in [3.8, 4) is 0 Å². The summed E-state index contributed by atoms with van der Waals surface area (Å²) in [7, 11) is 1.96. The Labute approximate surface area is 149 Å². The number of hydrogen-bond acceptors (Lipinski definition) is 4. The fourth-order valence-electron chi connectivity index (χ4n) is 4.37.